The molecular formula is C20H25N3O4. The molecule has 2 amide bonds. The van der Waals surface area contributed by atoms with Gasteiger partial charge < -0.3 is 29.7 Å². The lowest BCUT2D eigenvalue weighted by atomic mass is 10.2. The third-order valence-corrected chi connectivity index (χ3v) is 4.22. The Morgan fingerprint density at radius 2 is 1.78 bits per heavy atom. The van der Waals surface area contributed by atoms with Gasteiger partial charge in [0.1, 0.15) is 6.61 Å². The summed E-state index contributed by atoms with van der Waals surface area (Å²) in [7, 11) is 1.60. The first-order valence-electron chi connectivity index (χ1n) is 9.00. The number of nitrogens with zero attached hydrogens (tertiary/aromatic N) is 1. The third kappa shape index (κ3) is 5.27. The topological polar surface area (TPSA) is 72.1 Å². The molecule has 7 heteroatoms. The number of anilines is 2. The van der Waals surface area contributed by atoms with Gasteiger partial charge in [0.2, 0.25) is 0 Å². The molecule has 27 heavy (non-hydrogen) atoms. The summed E-state index contributed by atoms with van der Waals surface area (Å²) < 4.78 is 16.3. The van der Waals surface area contributed by atoms with E-state index in [1.54, 1.807) is 7.11 Å². The zero-order valence-electron chi connectivity index (χ0n) is 15.4. The van der Waals surface area contributed by atoms with E-state index < -0.39 is 0 Å². The van der Waals surface area contributed by atoms with Gasteiger partial charge in [-0.3, -0.25) is 0 Å². The molecule has 1 fully saturated rings. The van der Waals surface area contributed by atoms with Crippen molar-refractivity contribution < 1.29 is 19.0 Å². The SMILES string of the molecule is COc1ccccc1OCCNC(=O)Nc1ccccc1N1CCOCC1. The van der Waals surface area contributed by atoms with E-state index in [0.29, 0.717) is 37.9 Å². The molecule has 0 spiro atoms. The molecule has 0 unspecified atom stereocenters. The summed E-state index contributed by atoms with van der Waals surface area (Å²) in [5, 5.41) is 5.73. The molecular weight excluding hydrogens is 346 g/mol. The van der Waals surface area contributed by atoms with Crippen LogP contribution in [0.5, 0.6) is 11.5 Å². The Hall–Kier alpha value is -2.93. The maximum Gasteiger partial charge on any atom is 0.319 e. The van der Waals surface area contributed by atoms with E-state index in [1.807, 2.05) is 48.5 Å². The third-order valence-electron chi connectivity index (χ3n) is 4.22. The van der Waals surface area contributed by atoms with Crippen molar-refractivity contribution in [1.82, 2.24) is 5.32 Å². The van der Waals surface area contributed by atoms with Crippen LogP contribution in [0.1, 0.15) is 0 Å². The van der Waals surface area contributed by atoms with E-state index in [4.69, 9.17) is 14.2 Å². The normalized spacial score (nSPS) is 13.7. The molecule has 1 aliphatic heterocycles. The standard InChI is InChI=1S/C20H25N3O4/c1-25-18-8-4-5-9-19(18)27-13-10-21-20(24)22-16-6-2-3-7-17(16)23-11-14-26-15-12-23/h2-9H,10-15H2,1H3,(H2,21,22,24). The monoisotopic (exact) mass is 371 g/mol. The Bertz CT molecular complexity index is 748. The first-order valence-corrected chi connectivity index (χ1v) is 9.00. The molecule has 3 rings (SSSR count). The average Bonchev–Trinajstić information content (AvgIpc) is 2.72. The highest BCUT2D eigenvalue weighted by Crippen LogP contribution is 2.26. The lowest BCUT2D eigenvalue weighted by Gasteiger charge is -2.30. The van der Waals surface area contributed by atoms with Crippen LogP contribution >= 0.6 is 0 Å². The summed E-state index contributed by atoms with van der Waals surface area (Å²) in [6.45, 7) is 3.74. The molecule has 0 saturated carbocycles. The van der Waals surface area contributed by atoms with E-state index in [1.165, 1.54) is 0 Å². The second-order valence-electron chi connectivity index (χ2n) is 6.00. The lowest BCUT2D eigenvalue weighted by molar-refractivity contribution is 0.123. The van der Waals surface area contributed by atoms with Crippen LogP contribution in [0.2, 0.25) is 0 Å². The Morgan fingerprint density at radius 3 is 2.56 bits per heavy atom. The van der Waals surface area contributed by atoms with E-state index in [0.717, 1.165) is 24.5 Å². The Kier molecular flexibility index (Phi) is 6.76. The summed E-state index contributed by atoms with van der Waals surface area (Å²) in [6.07, 6.45) is 0. The van der Waals surface area contributed by atoms with Crippen LogP contribution in [0.15, 0.2) is 48.5 Å². The van der Waals surface area contributed by atoms with Gasteiger partial charge >= 0.3 is 6.03 Å². The van der Waals surface area contributed by atoms with Gasteiger partial charge in [-0.2, -0.15) is 0 Å². The summed E-state index contributed by atoms with van der Waals surface area (Å²) in [5.74, 6) is 1.32. The number of morpholine rings is 1. The average molecular weight is 371 g/mol. The molecule has 0 radical (unpaired) electrons. The maximum atomic E-state index is 12.2. The van der Waals surface area contributed by atoms with Gasteiger partial charge in [-0.25, -0.2) is 4.79 Å². The summed E-state index contributed by atoms with van der Waals surface area (Å²) >= 11 is 0. The molecule has 0 aliphatic carbocycles. The fourth-order valence-corrected chi connectivity index (χ4v) is 2.89. The fourth-order valence-electron chi connectivity index (χ4n) is 2.89. The zero-order chi connectivity index (χ0) is 18.9. The van der Waals surface area contributed by atoms with Crippen LogP contribution in [0.4, 0.5) is 16.2 Å². The number of urea groups is 1. The predicted octanol–water partition coefficient (Wildman–Crippen LogP) is 2.73. The van der Waals surface area contributed by atoms with Crippen molar-refractivity contribution >= 4 is 17.4 Å². The molecule has 2 aromatic rings. The lowest BCUT2D eigenvalue weighted by Crippen LogP contribution is -2.37. The van der Waals surface area contributed by atoms with E-state index in [2.05, 4.69) is 15.5 Å². The van der Waals surface area contributed by atoms with Crippen LogP contribution in [0, 0.1) is 0 Å². The molecule has 0 aromatic heterocycles. The van der Waals surface area contributed by atoms with Crippen molar-refractivity contribution in [3.63, 3.8) is 0 Å². The zero-order valence-corrected chi connectivity index (χ0v) is 15.4. The van der Waals surface area contributed by atoms with Crippen molar-refractivity contribution in [2.75, 3.05) is 56.8 Å². The number of para-hydroxylation sites is 4. The number of amides is 2. The minimum atomic E-state index is -0.265. The molecule has 144 valence electrons. The van der Waals surface area contributed by atoms with Crippen molar-refractivity contribution in [1.29, 1.82) is 0 Å². The van der Waals surface area contributed by atoms with Gasteiger partial charge in [-0.15, -0.1) is 0 Å². The minimum Gasteiger partial charge on any atom is -0.493 e. The molecule has 2 N–H and O–H groups in total. The summed E-state index contributed by atoms with van der Waals surface area (Å²) in [5.41, 5.74) is 1.78. The second kappa shape index (κ2) is 9.68. The predicted molar refractivity (Wildman–Crippen MR) is 105 cm³/mol. The Labute approximate surface area is 159 Å². The Balaban J connectivity index is 1.48. The molecule has 7 nitrogen and oxygen atoms in total. The fraction of sp³-hybridized carbons (Fsp3) is 0.350. The molecule has 1 heterocycles. The van der Waals surface area contributed by atoms with Crippen molar-refractivity contribution in [3.8, 4) is 11.5 Å². The van der Waals surface area contributed by atoms with Gasteiger partial charge in [-0.05, 0) is 24.3 Å². The van der Waals surface area contributed by atoms with Crippen molar-refractivity contribution in [3.05, 3.63) is 48.5 Å². The number of rotatable bonds is 7. The number of hydrogen-bond donors (Lipinski definition) is 2. The molecule has 1 saturated heterocycles. The van der Waals surface area contributed by atoms with Gasteiger partial charge in [0, 0.05) is 13.1 Å². The van der Waals surface area contributed by atoms with Crippen LogP contribution in [-0.4, -0.2) is 52.6 Å². The van der Waals surface area contributed by atoms with Gasteiger partial charge in [-0.1, -0.05) is 24.3 Å². The molecule has 0 bridgehead atoms. The van der Waals surface area contributed by atoms with E-state index in [9.17, 15) is 4.79 Å². The molecule has 1 aliphatic rings. The van der Waals surface area contributed by atoms with Crippen LogP contribution in [0.25, 0.3) is 0 Å². The second-order valence-corrected chi connectivity index (χ2v) is 6.00. The first-order chi connectivity index (χ1) is 13.3. The number of carbonyl (C=O) groups is 1. The summed E-state index contributed by atoms with van der Waals surface area (Å²) in [4.78, 5) is 14.4. The highest BCUT2D eigenvalue weighted by molar-refractivity contribution is 5.93. The quantitative estimate of drug-likeness (QED) is 0.733. The van der Waals surface area contributed by atoms with Crippen molar-refractivity contribution in [2.45, 2.75) is 0 Å². The molecule has 2 aromatic carbocycles. The van der Waals surface area contributed by atoms with Crippen LogP contribution in [0.3, 0.4) is 0 Å². The molecule has 0 atom stereocenters. The van der Waals surface area contributed by atoms with E-state index >= 15 is 0 Å². The van der Waals surface area contributed by atoms with Gasteiger partial charge in [0.15, 0.2) is 11.5 Å². The number of ether oxygens (including phenoxy) is 3. The van der Waals surface area contributed by atoms with E-state index in [-0.39, 0.29) is 6.03 Å². The number of hydrogen-bond acceptors (Lipinski definition) is 5. The van der Waals surface area contributed by atoms with Crippen LogP contribution < -0.4 is 25.0 Å². The smallest absolute Gasteiger partial charge is 0.319 e. The van der Waals surface area contributed by atoms with Gasteiger partial charge in [0.05, 0.1) is 38.2 Å². The number of benzene rings is 2. The largest absolute Gasteiger partial charge is 0.493 e. The Morgan fingerprint density at radius 1 is 1.07 bits per heavy atom. The highest BCUT2D eigenvalue weighted by atomic mass is 16.5. The van der Waals surface area contributed by atoms with Crippen molar-refractivity contribution in [2.24, 2.45) is 0 Å². The minimum absolute atomic E-state index is 0.265. The maximum absolute atomic E-state index is 12.2. The van der Waals surface area contributed by atoms with Gasteiger partial charge in [0.25, 0.3) is 0 Å². The first kappa shape index (κ1) is 18.8. The van der Waals surface area contributed by atoms with Crippen LogP contribution in [-0.2, 0) is 4.74 Å². The number of methoxy groups -OCH3 is 1. The summed E-state index contributed by atoms with van der Waals surface area (Å²) in [6, 6.07) is 14.9. The highest BCUT2D eigenvalue weighted by Gasteiger charge is 2.15. The number of carbonyl (C=O) groups excluding carboxylic acids is 1. The number of nitrogens with one attached hydrogen (secondary N) is 2.